The highest BCUT2D eigenvalue weighted by molar-refractivity contribution is 6.13. The van der Waals surface area contributed by atoms with Crippen LogP contribution in [0.15, 0.2) is 24.3 Å². The summed E-state index contributed by atoms with van der Waals surface area (Å²) in [6.07, 6.45) is 2.18. The van der Waals surface area contributed by atoms with Crippen LogP contribution in [0.5, 0.6) is 5.75 Å². The molecular weight excluding hydrogens is 318 g/mol. The molecule has 1 aromatic carbocycles. The molecule has 25 heavy (non-hydrogen) atoms. The van der Waals surface area contributed by atoms with E-state index < -0.39 is 5.41 Å². The molecule has 6 heteroatoms. The van der Waals surface area contributed by atoms with E-state index in [1.807, 2.05) is 40.1 Å². The Balaban J connectivity index is 1.85. The fraction of sp³-hybridized carbons (Fsp3) is 0.579. The summed E-state index contributed by atoms with van der Waals surface area (Å²) in [5.41, 5.74) is -0.224. The second-order valence-corrected chi connectivity index (χ2v) is 7.14. The number of carbonyl (C=O) groups excluding carboxylic acids is 2. The van der Waals surface area contributed by atoms with Gasteiger partial charge in [0.2, 0.25) is 11.8 Å². The number of anilines is 1. The van der Waals surface area contributed by atoms with Crippen LogP contribution in [-0.4, -0.2) is 50.0 Å². The normalized spacial score (nSPS) is 15.1. The highest BCUT2D eigenvalue weighted by Gasteiger charge is 2.56. The predicted molar refractivity (Wildman–Crippen MR) is 98.7 cm³/mol. The average molecular weight is 347 g/mol. The van der Waals surface area contributed by atoms with E-state index in [1.165, 1.54) is 0 Å². The van der Waals surface area contributed by atoms with Crippen LogP contribution in [0.1, 0.15) is 33.1 Å². The Morgan fingerprint density at radius 1 is 1.16 bits per heavy atom. The second kappa shape index (κ2) is 8.34. The largest absolute Gasteiger partial charge is 0.491 e. The molecule has 0 aliphatic heterocycles. The Bertz CT molecular complexity index is 592. The number of benzene rings is 1. The van der Waals surface area contributed by atoms with Crippen LogP contribution in [0, 0.1) is 5.41 Å². The molecule has 0 spiro atoms. The molecule has 2 amide bonds. The fourth-order valence-electron chi connectivity index (χ4n) is 2.59. The number of amides is 2. The van der Waals surface area contributed by atoms with Crippen molar-refractivity contribution in [3.8, 4) is 5.75 Å². The smallest absolute Gasteiger partial charge is 0.240 e. The van der Waals surface area contributed by atoms with Crippen LogP contribution in [0.3, 0.4) is 0 Å². The summed E-state index contributed by atoms with van der Waals surface area (Å²) in [4.78, 5) is 27.0. The van der Waals surface area contributed by atoms with E-state index in [0.29, 0.717) is 25.1 Å². The lowest BCUT2D eigenvalue weighted by molar-refractivity contribution is -0.134. The average Bonchev–Trinajstić information content (AvgIpc) is 3.34. The van der Waals surface area contributed by atoms with Gasteiger partial charge in [-0.3, -0.25) is 9.59 Å². The van der Waals surface area contributed by atoms with E-state index in [-0.39, 0.29) is 17.9 Å². The summed E-state index contributed by atoms with van der Waals surface area (Å²) in [5.74, 6) is 0.367. The molecule has 6 nitrogen and oxygen atoms in total. The van der Waals surface area contributed by atoms with Gasteiger partial charge >= 0.3 is 0 Å². The van der Waals surface area contributed by atoms with Gasteiger partial charge in [0.15, 0.2) is 0 Å². The maximum atomic E-state index is 12.5. The van der Waals surface area contributed by atoms with Crippen molar-refractivity contribution < 1.29 is 14.3 Å². The predicted octanol–water partition coefficient (Wildman–Crippen LogP) is 2.26. The quantitative estimate of drug-likeness (QED) is 0.531. The Labute approximate surface area is 149 Å². The molecule has 1 saturated carbocycles. The van der Waals surface area contributed by atoms with Gasteiger partial charge in [-0.15, -0.1) is 0 Å². The van der Waals surface area contributed by atoms with E-state index in [0.717, 1.165) is 18.7 Å². The molecule has 0 radical (unpaired) electrons. The summed E-state index contributed by atoms with van der Waals surface area (Å²) in [6.45, 7) is 5.42. The van der Waals surface area contributed by atoms with Crippen molar-refractivity contribution in [2.75, 3.05) is 32.5 Å². The molecule has 0 heterocycles. The zero-order chi connectivity index (χ0) is 18.4. The lowest BCUT2D eigenvalue weighted by atomic mass is 10.0. The Morgan fingerprint density at radius 2 is 1.80 bits per heavy atom. The van der Waals surface area contributed by atoms with Gasteiger partial charge < -0.3 is 20.3 Å². The number of hydrogen-bond donors (Lipinski definition) is 2. The third kappa shape index (κ3) is 5.46. The first-order valence-corrected chi connectivity index (χ1v) is 8.85. The summed E-state index contributed by atoms with van der Waals surface area (Å²) in [5, 5.41) is 5.74. The van der Waals surface area contributed by atoms with E-state index >= 15 is 0 Å². The number of ether oxygens (including phenoxy) is 1. The van der Waals surface area contributed by atoms with Crippen LogP contribution < -0.4 is 15.4 Å². The highest BCUT2D eigenvalue weighted by Crippen LogP contribution is 2.46. The van der Waals surface area contributed by atoms with Crippen LogP contribution in [-0.2, 0) is 9.59 Å². The molecule has 1 aromatic rings. The van der Waals surface area contributed by atoms with Crippen molar-refractivity contribution in [2.45, 2.75) is 39.2 Å². The third-order valence-electron chi connectivity index (χ3n) is 4.17. The summed E-state index contributed by atoms with van der Waals surface area (Å²) in [7, 11) is 3.99. The molecule has 0 bridgehead atoms. The lowest BCUT2D eigenvalue weighted by Gasteiger charge is -2.16. The zero-order valence-electron chi connectivity index (χ0n) is 15.6. The minimum atomic E-state index is -0.898. The Hall–Kier alpha value is -2.08. The van der Waals surface area contributed by atoms with E-state index in [1.54, 1.807) is 12.1 Å². The number of hydrogen-bond acceptors (Lipinski definition) is 4. The van der Waals surface area contributed by atoms with Crippen molar-refractivity contribution >= 4 is 17.5 Å². The van der Waals surface area contributed by atoms with Gasteiger partial charge in [0.1, 0.15) is 11.2 Å². The number of nitrogens with one attached hydrogen (secondary N) is 2. The monoisotopic (exact) mass is 347 g/mol. The van der Waals surface area contributed by atoms with Gasteiger partial charge in [-0.25, -0.2) is 0 Å². The molecule has 2 N–H and O–H groups in total. The number of carbonyl (C=O) groups is 2. The van der Waals surface area contributed by atoms with Gasteiger partial charge in [0.25, 0.3) is 0 Å². The van der Waals surface area contributed by atoms with Crippen molar-refractivity contribution in [1.29, 1.82) is 0 Å². The van der Waals surface area contributed by atoms with E-state index in [9.17, 15) is 9.59 Å². The molecule has 138 valence electrons. The van der Waals surface area contributed by atoms with Crippen molar-refractivity contribution in [3.63, 3.8) is 0 Å². The molecule has 0 saturated heterocycles. The number of nitrogens with zero attached hydrogens (tertiary/aromatic N) is 1. The maximum absolute atomic E-state index is 12.5. The fourth-order valence-corrected chi connectivity index (χ4v) is 2.59. The van der Waals surface area contributed by atoms with Crippen LogP contribution in [0.2, 0.25) is 0 Å². The Morgan fingerprint density at radius 3 is 2.32 bits per heavy atom. The minimum absolute atomic E-state index is 0.103. The maximum Gasteiger partial charge on any atom is 0.240 e. The molecular formula is C19H29N3O3. The summed E-state index contributed by atoms with van der Waals surface area (Å²) < 4.78 is 5.58. The molecule has 1 aliphatic rings. The first-order valence-electron chi connectivity index (χ1n) is 8.85. The molecule has 1 aliphatic carbocycles. The van der Waals surface area contributed by atoms with Crippen molar-refractivity contribution in [2.24, 2.45) is 5.41 Å². The van der Waals surface area contributed by atoms with E-state index in [4.69, 9.17) is 4.74 Å². The van der Waals surface area contributed by atoms with Gasteiger partial charge in [-0.1, -0.05) is 0 Å². The van der Waals surface area contributed by atoms with Gasteiger partial charge in [0.05, 0.1) is 6.10 Å². The number of rotatable bonds is 9. The summed E-state index contributed by atoms with van der Waals surface area (Å²) >= 11 is 0. The molecule has 0 atom stereocenters. The van der Waals surface area contributed by atoms with Crippen molar-refractivity contribution in [3.05, 3.63) is 24.3 Å². The molecule has 1 fully saturated rings. The van der Waals surface area contributed by atoms with Gasteiger partial charge in [-0.2, -0.15) is 0 Å². The zero-order valence-corrected chi connectivity index (χ0v) is 15.6. The first kappa shape index (κ1) is 19.2. The van der Waals surface area contributed by atoms with Crippen LogP contribution >= 0.6 is 0 Å². The highest BCUT2D eigenvalue weighted by atomic mass is 16.5. The third-order valence-corrected chi connectivity index (χ3v) is 4.17. The first-order chi connectivity index (χ1) is 11.8. The topological polar surface area (TPSA) is 70.7 Å². The minimum Gasteiger partial charge on any atom is -0.491 e. The van der Waals surface area contributed by atoms with Crippen LogP contribution in [0.4, 0.5) is 5.69 Å². The standard InChI is InChI=1S/C19H29N3O3/c1-14(2)25-16-8-6-15(7-9-16)21-18(24)19(10-11-19)17(23)20-12-5-13-22(3)4/h6-9,14H,5,10-13H2,1-4H3,(H,20,23)(H,21,24). The lowest BCUT2D eigenvalue weighted by Crippen LogP contribution is -2.40. The molecule has 0 unspecified atom stereocenters. The Kier molecular flexibility index (Phi) is 6.42. The SMILES string of the molecule is CC(C)Oc1ccc(NC(=O)C2(C(=O)NCCCN(C)C)CC2)cc1. The van der Waals surface area contributed by atoms with Crippen LogP contribution in [0.25, 0.3) is 0 Å². The second-order valence-electron chi connectivity index (χ2n) is 7.14. The van der Waals surface area contributed by atoms with Crippen molar-refractivity contribution in [1.82, 2.24) is 10.2 Å². The molecule has 0 aromatic heterocycles. The molecule has 2 rings (SSSR count). The van der Waals surface area contributed by atoms with Gasteiger partial charge in [0, 0.05) is 12.2 Å². The van der Waals surface area contributed by atoms with E-state index in [2.05, 4.69) is 15.5 Å². The van der Waals surface area contributed by atoms with Gasteiger partial charge in [-0.05, 0) is 78.0 Å². The summed E-state index contributed by atoms with van der Waals surface area (Å²) in [6, 6.07) is 7.22.